The molecule has 2 bridgehead atoms. The highest BCUT2D eigenvalue weighted by atomic mass is 16.7. The maximum Gasteiger partial charge on any atom is 0.214 e. The molecule has 0 spiro atoms. The van der Waals surface area contributed by atoms with Crippen LogP contribution in [0.3, 0.4) is 0 Å². The number of phenols is 2. The fourth-order valence-electron chi connectivity index (χ4n) is 5.12. The number of carbonyl (C=O) groups is 1. The number of phenolic OH excluding ortho intramolecular Hbond substituents is 2. The third-order valence-corrected chi connectivity index (χ3v) is 5.94. The van der Waals surface area contributed by atoms with E-state index in [0.717, 1.165) is 25.7 Å². The Morgan fingerprint density at radius 2 is 2.12 bits per heavy atom. The van der Waals surface area contributed by atoms with Gasteiger partial charge < -0.3 is 19.7 Å². The first kappa shape index (κ1) is 16.7. The van der Waals surface area contributed by atoms with Crippen molar-refractivity contribution in [2.75, 3.05) is 0 Å². The van der Waals surface area contributed by atoms with E-state index in [1.165, 1.54) is 6.07 Å². The van der Waals surface area contributed by atoms with E-state index in [4.69, 9.17) is 9.47 Å². The minimum absolute atomic E-state index is 0.0421. The predicted octanol–water partition coefficient (Wildman–Crippen LogP) is 4.25. The fourth-order valence-corrected chi connectivity index (χ4v) is 5.12. The van der Waals surface area contributed by atoms with Crippen LogP contribution in [0.2, 0.25) is 0 Å². The van der Waals surface area contributed by atoms with E-state index in [2.05, 4.69) is 13.8 Å². The number of carbonyl (C=O) groups excluding carboxylic acids is 1. The molecule has 2 heterocycles. The lowest BCUT2D eigenvalue weighted by Crippen LogP contribution is -2.50. The molecule has 5 nitrogen and oxygen atoms in total. The first-order valence-electron chi connectivity index (χ1n) is 9.29. The van der Waals surface area contributed by atoms with Gasteiger partial charge in [0, 0.05) is 36.3 Å². The van der Waals surface area contributed by atoms with Crippen LogP contribution >= 0.6 is 0 Å². The number of Topliss-reactive ketones (excluding diaryl/α,β-unsaturated/α-hetero) is 1. The Morgan fingerprint density at radius 3 is 2.84 bits per heavy atom. The zero-order chi connectivity index (χ0) is 18.0. The lowest BCUT2D eigenvalue weighted by Gasteiger charge is -2.47. The Kier molecular flexibility index (Phi) is 3.59. The zero-order valence-electron chi connectivity index (χ0n) is 15.1. The van der Waals surface area contributed by atoms with Crippen LogP contribution in [0.4, 0.5) is 0 Å². The first-order chi connectivity index (χ1) is 11.8. The molecule has 1 aromatic rings. The molecule has 0 radical (unpaired) electrons. The Balaban J connectivity index is 1.85. The van der Waals surface area contributed by atoms with Crippen LogP contribution in [0.25, 0.3) is 0 Å². The molecule has 3 unspecified atom stereocenters. The van der Waals surface area contributed by atoms with Crippen LogP contribution in [-0.2, 0) is 4.74 Å². The molecule has 1 aliphatic carbocycles. The molecule has 1 saturated heterocycles. The second-order valence-corrected chi connectivity index (χ2v) is 8.29. The number of fused-ring (bicyclic) bond motifs is 2. The Labute approximate surface area is 148 Å². The van der Waals surface area contributed by atoms with E-state index >= 15 is 0 Å². The second-order valence-electron chi connectivity index (χ2n) is 8.29. The van der Waals surface area contributed by atoms with Gasteiger partial charge in [0.05, 0.1) is 5.60 Å². The molecular weight excluding hydrogens is 320 g/mol. The van der Waals surface area contributed by atoms with Gasteiger partial charge in [0.25, 0.3) is 0 Å². The highest BCUT2D eigenvalue weighted by molar-refractivity contribution is 6.02. The molecule has 25 heavy (non-hydrogen) atoms. The van der Waals surface area contributed by atoms with Crippen molar-refractivity contribution in [2.45, 2.75) is 76.6 Å². The van der Waals surface area contributed by atoms with Gasteiger partial charge in [-0.25, -0.2) is 0 Å². The molecule has 5 heteroatoms. The van der Waals surface area contributed by atoms with Crippen LogP contribution in [-0.4, -0.2) is 27.4 Å². The van der Waals surface area contributed by atoms with Crippen LogP contribution in [0.15, 0.2) is 6.07 Å². The van der Waals surface area contributed by atoms with E-state index < -0.39 is 5.79 Å². The van der Waals surface area contributed by atoms with Crippen LogP contribution < -0.4 is 4.74 Å². The maximum absolute atomic E-state index is 12.4. The van der Waals surface area contributed by atoms with Crippen molar-refractivity contribution in [3.63, 3.8) is 0 Å². The summed E-state index contributed by atoms with van der Waals surface area (Å²) in [7, 11) is 0. The van der Waals surface area contributed by atoms with Crippen LogP contribution in [0.1, 0.15) is 81.1 Å². The van der Waals surface area contributed by atoms with Crippen molar-refractivity contribution < 1.29 is 24.5 Å². The highest BCUT2D eigenvalue weighted by Gasteiger charge is 2.61. The first-order valence-corrected chi connectivity index (χ1v) is 9.29. The van der Waals surface area contributed by atoms with E-state index in [1.54, 1.807) is 0 Å². The lowest BCUT2D eigenvalue weighted by atomic mass is 9.68. The van der Waals surface area contributed by atoms with E-state index in [9.17, 15) is 15.0 Å². The van der Waals surface area contributed by atoms with Gasteiger partial charge in [0.2, 0.25) is 5.79 Å². The Hall–Kier alpha value is -1.75. The van der Waals surface area contributed by atoms with E-state index in [0.29, 0.717) is 24.2 Å². The fraction of sp³-hybridized carbons (Fsp3) is 0.650. The van der Waals surface area contributed by atoms with Crippen LogP contribution in [0, 0.1) is 5.92 Å². The quantitative estimate of drug-likeness (QED) is 0.800. The zero-order valence-corrected chi connectivity index (χ0v) is 15.1. The summed E-state index contributed by atoms with van der Waals surface area (Å²) in [6.45, 7) is 6.04. The third kappa shape index (κ3) is 2.35. The Bertz CT molecular complexity index is 738. The van der Waals surface area contributed by atoms with Gasteiger partial charge in [-0.1, -0.05) is 6.92 Å². The summed E-state index contributed by atoms with van der Waals surface area (Å²) in [5.74, 6) is -0.495. The number of aromatic hydroxyl groups is 2. The van der Waals surface area contributed by atoms with Gasteiger partial charge >= 0.3 is 0 Å². The number of ether oxygens (including phenoxy) is 2. The average molecular weight is 346 g/mol. The predicted molar refractivity (Wildman–Crippen MR) is 92.2 cm³/mol. The molecule has 1 saturated carbocycles. The van der Waals surface area contributed by atoms with Gasteiger partial charge in [0.1, 0.15) is 22.8 Å². The SMILES string of the molecule is CCCC(=O)c1c(O)cc2c(c1O)C1CCCC3(O2)OC(C)(C)CC13. The number of hydrogen-bond acceptors (Lipinski definition) is 5. The molecule has 136 valence electrons. The summed E-state index contributed by atoms with van der Waals surface area (Å²) in [6, 6.07) is 1.49. The number of ketones is 1. The summed E-state index contributed by atoms with van der Waals surface area (Å²) in [5.41, 5.74) is 0.438. The monoisotopic (exact) mass is 346 g/mol. The molecule has 1 aromatic carbocycles. The van der Waals surface area contributed by atoms with Crippen molar-refractivity contribution in [3.05, 3.63) is 17.2 Å². The molecule has 0 amide bonds. The van der Waals surface area contributed by atoms with E-state index in [-0.39, 0.29) is 40.3 Å². The molecule has 4 rings (SSSR count). The van der Waals surface area contributed by atoms with Crippen molar-refractivity contribution in [3.8, 4) is 17.2 Å². The highest BCUT2D eigenvalue weighted by Crippen LogP contribution is 2.62. The minimum Gasteiger partial charge on any atom is -0.507 e. The maximum atomic E-state index is 12.4. The smallest absolute Gasteiger partial charge is 0.214 e. The largest absolute Gasteiger partial charge is 0.507 e. The topological polar surface area (TPSA) is 76.0 Å². The molecule has 2 fully saturated rings. The summed E-state index contributed by atoms with van der Waals surface area (Å²) in [4.78, 5) is 12.4. The molecule has 3 aliphatic rings. The normalized spacial score (nSPS) is 31.8. The molecule has 2 aliphatic heterocycles. The van der Waals surface area contributed by atoms with Gasteiger partial charge in [-0.15, -0.1) is 0 Å². The molecule has 2 N–H and O–H groups in total. The summed E-state index contributed by atoms with van der Waals surface area (Å²) in [5, 5.41) is 21.2. The van der Waals surface area contributed by atoms with Crippen molar-refractivity contribution in [1.29, 1.82) is 0 Å². The third-order valence-electron chi connectivity index (χ3n) is 5.94. The summed E-state index contributed by atoms with van der Waals surface area (Å²) in [6.07, 6.45) is 4.53. The second kappa shape index (κ2) is 5.37. The number of hydrogen-bond donors (Lipinski definition) is 2. The summed E-state index contributed by atoms with van der Waals surface area (Å²) < 4.78 is 12.6. The van der Waals surface area contributed by atoms with Crippen molar-refractivity contribution >= 4 is 5.78 Å². The average Bonchev–Trinajstić information content (AvgIpc) is 2.77. The molecule has 0 aromatic heterocycles. The Morgan fingerprint density at radius 1 is 1.36 bits per heavy atom. The van der Waals surface area contributed by atoms with E-state index in [1.807, 2.05) is 6.92 Å². The van der Waals surface area contributed by atoms with Crippen LogP contribution in [0.5, 0.6) is 17.2 Å². The number of benzene rings is 1. The molecular formula is C20H26O5. The van der Waals surface area contributed by atoms with Gasteiger partial charge in [-0.05, 0) is 39.5 Å². The van der Waals surface area contributed by atoms with Crippen molar-refractivity contribution in [2.24, 2.45) is 5.92 Å². The number of rotatable bonds is 3. The van der Waals surface area contributed by atoms with Crippen molar-refractivity contribution in [1.82, 2.24) is 0 Å². The van der Waals surface area contributed by atoms with Gasteiger partial charge in [-0.2, -0.15) is 0 Å². The molecule has 3 atom stereocenters. The minimum atomic E-state index is -0.673. The summed E-state index contributed by atoms with van der Waals surface area (Å²) >= 11 is 0. The lowest BCUT2D eigenvalue weighted by molar-refractivity contribution is -0.234. The standard InChI is InChI=1S/C20H26O5/c1-4-6-13(21)17-14(22)9-15-16(18(17)23)11-7-5-8-20(24-15)12(11)10-19(2,3)25-20/h9,11-12,22-23H,4-8,10H2,1-3H3. The van der Waals surface area contributed by atoms with Gasteiger partial charge in [0.15, 0.2) is 5.78 Å². The van der Waals surface area contributed by atoms with Gasteiger partial charge in [-0.3, -0.25) is 4.79 Å².